The lowest BCUT2D eigenvalue weighted by molar-refractivity contribution is 0.178. The zero-order chi connectivity index (χ0) is 14.5. The van der Waals surface area contributed by atoms with Gasteiger partial charge in [-0.3, -0.25) is 0 Å². The fourth-order valence-corrected chi connectivity index (χ4v) is 1.94. The summed E-state index contributed by atoms with van der Waals surface area (Å²) in [7, 11) is 3.43. The second kappa shape index (κ2) is 6.54. The minimum atomic E-state index is 0.360. The van der Waals surface area contributed by atoms with E-state index in [1.165, 1.54) is 0 Å². The number of anilines is 3. The van der Waals surface area contributed by atoms with Gasteiger partial charge >= 0.3 is 0 Å². The summed E-state index contributed by atoms with van der Waals surface area (Å²) >= 11 is 6.11. The second-order valence-electron chi connectivity index (χ2n) is 4.28. The van der Waals surface area contributed by atoms with Crippen molar-refractivity contribution in [3.63, 3.8) is 0 Å². The van der Waals surface area contributed by atoms with Crippen LogP contribution in [0.1, 0.15) is 11.4 Å². The van der Waals surface area contributed by atoms with Crippen LogP contribution in [0.4, 0.5) is 17.3 Å². The van der Waals surface area contributed by atoms with E-state index in [4.69, 9.17) is 16.3 Å². The first-order valence-corrected chi connectivity index (χ1v) is 6.58. The molecule has 0 bridgehead atoms. The fraction of sp³-hybridized carbons (Fsp3) is 0.286. The maximum Gasteiger partial charge on any atom is 0.158 e. The van der Waals surface area contributed by atoms with E-state index in [0.717, 1.165) is 22.1 Å². The topological polar surface area (TPSA) is 59.1 Å². The third-order valence-corrected chi connectivity index (χ3v) is 3.24. The van der Waals surface area contributed by atoms with E-state index >= 15 is 0 Å². The Bertz CT molecular complexity index is 604. The summed E-state index contributed by atoms with van der Waals surface area (Å²) in [6.45, 7) is 2.32. The van der Waals surface area contributed by atoms with Crippen LogP contribution in [0, 0.1) is 6.92 Å². The van der Waals surface area contributed by atoms with E-state index in [0.29, 0.717) is 18.2 Å². The molecule has 1 aromatic carbocycles. The van der Waals surface area contributed by atoms with E-state index < -0.39 is 0 Å². The van der Waals surface area contributed by atoms with Crippen LogP contribution in [-0.4, -0.2) is 24.1 Å². The molecule has 6 heteroatoms. The lowest BCUT2D eigenvalue weighted by Gasteiger charge is -2.12. The van der Waals surface area contributed by atoms with Crippen molar-refractivity contribution >= 4 is 28.9 Å². The van der Waals surface area contributed by atoms with Crippen LogP contribution in [-0.2, 0) is 11.3 Å². The maximum absolute atomic E-state index is 6.11. The lowest BCUT2D eigenvalue weighted by Crippen LogP contribution is -2.05. The van der Waals surface area contributed by atoms with Gasteiger partial charge in [0.15, 0.2) is 5.82 Å². The molecule has 0 spiro atoms. The number of benzene rings is 1. The van der Waals surface area contributed by atoms with Crippen LogP contribution >= 0.6 is 11.6 Å². The number of hydrogen-bond donors (Lipinski definition) is 2. The first-order valence-electron chi connectivity index (χ1n) is 6.21. The van der Waals surface area contributed by atoms with Crippen LogP contribution < -0.4 is 10.6 Å². The quantitative estimate of drug-likeness (QED) is 0.885. The standard InChI is InChI=1S/C14H17ClN4O/c1-9-10(15)5-4-6-11(9)17-13-7-12(16-2)18-14(19-13)8-20-3/h4-7H,8H2,1-3H3,(H2,16,17,18,19). The molecular weight excluding hydrogens is 276 g/mol. The Hall–Kier alpha value is -1.85. The van der Waals surface area contributed by atoms with Crippen LogP contribution in [0.15, 0.2) is 24.3 Å². The molecule has 0 amide bonds. The highest BCUT2D eigenvalue weighted by atomic mass is 35.5. The molecule has 0 aliphatic heterocycles. The molecule has 0 radical (unpaired) electrons. The van der Waals surface area contributed by atoms with Crippen LogP contribution in [0.5, 0.6) is 0 Å². The highest BCUT2D eigenvalue weighted by Gasteiger charge is 2.07. The molecule has 106 valence electrons. The van der Waals surface area contributed by atoms with Gasteiger partial charge in [-0.25, -0.2) is 9.97 Å². The van der Waals surface area contributed by atoms with Crippen LogP contribution in [0.3, 0.4) is 0 Å². The number of nitrogens with zero attached hydrogens (tertiary/aromatic N) is 2. The van der Waals surface area contributed by atoms with Gasteiger partial charge in [-0.05, 0) is 24.6 Å². The first kappa shape index (κ1) is 14.6. The predicted octanol–water partition coefficient (Wildman–Crippen LogP) is 3.37. The Balaban J connectivity index is 2.32. The van der Waals surface area contributed by atoms with Gasteiger partial charge in [-0.2, -0.15) is 0 Å². The molecule has 0 aliphatic carbocycles. The summed E-state index contributed by atoms with van der Waals surface area (Å²) in [5, 5.41) is 6.98. The number of aromatic nitrogens is 2. The zero-order valence-corrected chi connectivity index (χ0v) is 12.5. The van der Waals surface area contributed by atoms with Crippen LogP contribution in [0.25, 0.3) is 0 Å². The van der Waals surface area contributed by atoms with Gasteiger partial charge in [0.25, 0.3) is 0 Å². The Morgan fingerprint density at radius 2 is 2.00 bits per heavy atom. The molecule has 2 rings (SSSR count). The van der Waals surface area contributed by atoms with E-state index in [1.807, 2.05) is 38.2 Å². The van der Waals surface area contributed by atoms with E-state index in [9.17, 15) is 0 Å². The molecule has 5 nitrogen and oxygen atoms in total. The molecule has 0 fully saturated rings. The number of hydrogen-bond acceptors (Lipinski definition) is 5. The SMILES string of the molecule is CNc1cc(Nc2cccc(Cl)c2C)nc(COC)n1. The van der Waals surface area contributed by atoms with E-state index in [1.54, 1.807) is 7.11 Å². The first-order chi connectivity index (χ1) is 9.63. The molecule has 2 aromatic rings. The fourth-order valence-electron chi connectivity index (χ4n) is 1.76. The van der Waals surface area contributed by atoms with Gasteiger partial charge in [0.2, 0.25) is 0 Å². The Morgan fingerprint density at radius 1 is 1.25 bits per heavy atom. The van der Waals surface area contributed by atoms with Crippen molar-refractivity contribution in [2.45, 2.75) is 13.5 Å². The van der Waals surface area contributed by atoms with Crippen molar-refractivity contribution < 1.29 is 4.74 Å². The van der Waals surface area contributed by atoms with Crippen molar-refractivity contribution in [3.05, 3.63) is 40.7 Å². The maximum atomic E-state index is 6.11. The average molecular weight is 293 g/mol. The third-order valence-electron chi connectivity index (χ3n) is 2.83. The Kier molecular flexibility index (Phi) is 4.76. The lowest BCUT2D eigenvalue weighted by atomic mass is 10.2. The molecule has 1 heterocycles. The van der Waals surface area contributed by atoms with E-state index in [2.05, 4.69) is 20.6 Å². The molecule has 20 heavy (non-hydrogen) atoms. The number of methoxy groups -OCH3 is 1. The average Bonchev–Trinajstić information content (AvgIpc) is 2.44. The number of nitrogens with one attached hydrogen (secondary N) is 2. The molecule has 0 unspecified atom stereocenters. The molecule has 0 aliphatic rings. The summed E-state index contributed by atoms with van der Waals surface area (Å²) in [6.07, 6.45) is 0. The van der Waals surface area contributed by atoms with Gasteiger partial charge in [-0.1, -0.05) is 17.7 Å². The molecule has 2 N–H and O–H groups in total. The van der Waals surface area contributed by atoms with Crippen molar-refractivity contribution in [2.75, 3.05) is 24.8 Å². The summed E-state index contributed by atoms with van der Waals surface area (Å²) in [6, 6.07) is 7.54. The summed E-state index contributed by atoms with van der Waals surface area (Å²) in [5.74, 6) is 2.04. The van der Waals surface area contributed by atoms with Crippen molar-refractivity contribution in [1.29, 1.82) is 0 Å². The van der Waals surface area contributed by atoms with Gasteiger partial charge in [0.1, 0.15) is 18.2 Å². The van der Waals surface area contributed by atoms with Gasteiger partial charge in [0, 0.05) is 30.9 Å². The van der Waals surface area contributed by atoms with Gasteiger partial charge < -0.3 is 15.4 Å². The molecule has 1 aromatic heterocycles. The summed E-state index contributed by atoms with van der Waals surface area (Å²) in [5.41, 5.74) is 1.90. The molecule has 0 saturated carbocycles. The zero-order valence-electron chi connectivity index (χ0n) is 11.7. The smallest absolute Gasteiger partial charge is 0.158 e. The minimum Gasteiger partial charge on any atom is -0.377 e. The largest absolute Gasteiger partial charge is 0.377 e. The number of ether oxygens (including phenoxy) is 1. The Labute approximate surface area is 123 Å². The van der Waals surface area contributed by atoms with Crippen LogP contribution in [0.2, 0.25) is 5.02 Å². The predicted molar refractivity (Wildman–Crippen MR) is 81.8 cm³/mol. The second-order valence-corrected chi connectivity index (χ2v) is 4.68. The normalized spacial score (nSPS) is 10.4. The summed E-state index contributed by atoms with van der Waals surface area (Å²) < 4.78 is 5.07. The monoisotopic (exact) mass is 292 g/mol. The van der Waals surface area contributed by atoms with Crippen molar-refractivity contribution in [1.82, 2.24) is 9.97 Å². The third kappa shape index (κ3) is 3.37. The van der Waals surface area contributed by atoms with Crippen molar-refractivity contribution in [2.24, 2.45) is 0 Å². The number of rotatable bonds is 5. The minimum absolute atomic E-state index is 0.360. The molecule has 0 atom stereocenters. The van der Waals surface area contributed by atoms with Crippen molar-refractivity contribution in [3.8, 4) is 0 Å². The highest BCUT2D eigenvalue weighted by molar-refractivity contribution is 6.31. The molecular formula is C14H17ClN4O. The number of halogens is 1. The Morgan fingerprint density at radius 3 is 2.70 bits per heavy atom. The van der Waals surface area contributed by atoms with Gasteiger partial charge in [0.05, 0.1) is 0 Å². The van der Waals surface area contributed by atoms with E-state index in [-0.39, 0.29) is 0 Å². The summed E-state index contributed by atoms with van der Waals surface area (Å²) in [4.78, 5) is 8.72. The molecule has 0 saturated heterocycles. The van der Waals surface area contributed by atoms with Gasteiger partial charge in [-0.15, -0.1) is 0 Å². The highest BCUT2D eigenvalue weighted by Crippen LogP contribution is 2.26.